The predicted octanol–water partition coefficient (Wildman–Crippen LogP) is 2.27. The molecule has 2 heteroatoms. The first-order valence-electron chi connectivity index (χ1n) is 4.39. The second-order valence-electron chi connectivity index (χ2n) is 3.41. The number of fused-ring (bicyclic) bond motifs is 1. The van der Waals surface area contributed by atoms with Gasteiger partial charge in [-0.15, -0.1) is 0 Å². The number of aliphatic hydroxyl groups is 1. The van der Waals surface area contributed by atoms with Gasteiger partial charge in [-0.05, 0) is 24.0 Å². The number of allylic oxidation sites excluding steroid dienone is 4. The zero-order chi connectivity index (χ0) is 8.55. The fourth-order valence-corrected chi connectivity index (χ4v) is 1.89. The summed E-state index contributed by atoms with van der Waals surface area (Å²) in [5.74, 6) is 0.819. The van der Waals surface area contributed by atoms with Crippen molar-refractivity contribution in [3.05, 3.63) is 23.0 Å². The summed E-state index contributed by atoms with van der Waals surface area (Å²) in [6.45, 7) is 0. The van der Waals surface area contributed by atoms with Gasteiger partial charge in [0.05, 0.1) is 5.76 Å². The van der Waals surface area contributed by atoms with E-state index in [1.165, 1.54) is 0 Å². The molecule has 0 aromatic carbocycles. The number of carbonyl (C=O) groups is 1. The maximum absolute atomic E-state index is 11.1. The molecule has 64 valence electrons. The Kier molecular flexibility index (Phi) is 1.75. The highest BCUT2D eigenvalue weighted by atomic mass is 16.3. The highest BCUT2D eigenvalue weighted by Crippen LogP contribution is 2.33. The highest BCUT2D eigenvalue weighted by Gasteiger charge is 2.22. The Morgan fingerprint density at radius 3 is 2.92 bits per heavy atom. The van der Waals surface area contributed by atoms with Crippen molar-refractivity contribution in [3.8, 4) is 0 Å². The molecule has 1 N–H and O–H groups in total. The second-order valence-corrected chi connectivity index (χ2v) is 3.41. The average Bonchev–Trinajstić information content (AvgIpc) is 2.04. The average molecular weight is 164 g/mol. The van der Waals surface area contributed by atoms with E-state index in [-0.39, 0.29) is 0 Å². The normalized spacial score (nSPS) is 23.7. The first-order valence-corrected chi connectivity index (χ1v) is 4.39. The fraction of sp³-hybridized carbons (Fsp3) is 0.500. The molecule has 2 rings (SSSR count). The second kappa shape index (κ2) is 2.77. The van der Waals surface area contributed by atoms with Gasteiger partial charge in [0.15, 0.2) is 0 Å². The van der Waals surface area contributed by atoms with E-state index in [2.05, 4.69) is 6.08 Å². The van der Waals surface area contributed by atoms with E-state index in [4.69, 9.17) is 0 Å². The van der Waals surface area contributed by atoms with Crippen molar-refractivity contribution in [1.82, 2.24) is 0 Å². The van der Waals surface area contributed by atoms with E-state index in [9.17, 15) is 9.90 Å². The van der Waals surface area contributed by atoms with Gasteiger partial charge >= 0.3 is 0 Å². The number of Topliss-reactive ketones (excluding diaryl/α,β-unsaturated/α-hetero) is 1. The number of rotatable bonds is 0. The molecular formula is C10H12O2. The van der Waals surface area contributed by atoms with Crippen LogP contribution in [0.15, 0.2) is 23.0 Å². The molecule has 2 aliphatic carbocycles. The van der Waals surface area contributed by atoms with Crippen LogP contribution in [0.2, 0.25) is 0 Å². The molecule has 0 heterocycles. The van der Waals surface area contributed by atoms with E-state index < -0.39 is 0 Å². The van der Waals surface area contributed by atoms with Crippen molar-refractivity contribution in [2.75, 3.05) is 0 Å². The Morgan fingerprint density at radius 2 is 2.08 bits per heavy atom. The minimum absolute atomic E-state index is 0.305. The van der Waals surface area contributed by atoms with Crippen LogP contribution in [0.1, 0.15) is 32.1 Å². The predicted molar refractivity (Wildman–Crippen MR) is 45.8 cm³/mol. The van der Waals surface area contributed by atoms with Crippen molar-refractivity contribution in [2.45, 2.75) is 32.1 Å². The van der Waals surface area contributed by atoms with Crippen LogP contribution < -0.4 is 0 Å². The van der Waals surface area contributed by atoms with Crippen LogP contribution in [0.3, 0.4) is 0 Å². The Hall–Kier alpha value is -1.05. The van der Waals surface area contributed by atoms with Gasteiger partial charge in [0.1, 0.15) is 5.78 Å². The standard InChI is InChI=1S/C10H12O2/c11-8-4-5-9-7(6-8)2-1-3-10(9)12/h2,12H,1,3-6H2. The molecule has 0 bridgehead atoms. The Bertz CT molecular complexity index is 284. The molecule has 1 fully saturated rings. The summed E-state index contributed by atoms with van der Waals surface area (Å²) in [6.07, 6.45) is 5.63. The van der Waals surface area contributed by atoms with Gasteiger partial charge in [0.2, 0.25) is 0 Å². The number of ketones is 1. The van der Waals surface area contributed by atoms with Crippen LogP contribution >= 0.6 is 0 Å². The summed E-state index contributed by atoms with van der Waals surface area (Å²) in [5.41, 5.74) is 2.12. The van der Waals surface area contributed by atoms with Gasteiger partial charge in [0, 0.05) is 19.3 Å². The maximum Gasteiger partial charge on any atom is 0.137 e. The Labute approximate surface area is 71.6 Å². The Balaban J connectivity index is 2.30. The van der Waals surface area contributed by atoms with Crippen LogP contribution in [0, 0.1) is 0 Å². The van der Waals surface area contributed by atoms with Gasteiger partial charge in [-0.1, -0.05) is 6.08 Å². The largest absolute Gasteiger partial charge is 0.512 e. The molecule has 0 amide bonds. The molecule has 2 aliphatic rings. The van der Waals surface area contributed by atoms with E-state index in [1.54, 1.807) is 0 Å². The monoisotopic (exact) mass is 164 g/mol. The first kappa shape index (κ1) is 7.59. The molecule has 0 unspecified atom stereocenters. The van der Waals surface area contributed by atoms with Gasteiger partial charge in [0.25, 0.3) is 0 Å². The van der Waals surface area contributed by atoms with Crippen LogP contribution in [-0.2, 0) is 4.79 Å². The smallest absolute Gasteiger partial charge is 0.137 e. The molecule has 0 saturated heterocycles. The summed E-state index contributed by atoms with van der Waals surface area (Å²) in [4.78, 5) is 11.1. The summed E-state index contributed by atoms with van der Waals surface area (Å²) < 4.78 is 0. The van der Waals surface area contributed by atoms with E-state index in [0.717, 1.165) is 30.4 Å². The highest BCUT2D eigenvalue weighted by molar-refractivity contribution is 5.84. The molecule has 12 heavy (non-hydrogen) atoms. The number of aliphatic hydroxyl groups excluding tert-OH is 1. The molecule has 2 nitrogen and oxygen atoms in total. The van der Waals surface area contributed by atoms with Gasteiger partial charge < -0.3 is 5.11 Å². The lowest BCUT2D eigenvalue weighted by Gasteiger charge is -2.22. The minimum atomic E-state index is 0.305. The van der Waals surface area contributed by atoms with Gasteiger partial charge in [-0.3, -0.25) is 4.79 Å². The number of carbonyl (C=O) groups excluding carboxylic acids is 1. The third kappa shape index (κ3) is 1.17. The van der Waals surface area contributed by atoms with Crippen molar-refractivity contribution < 1.29 is 9.90 Å². The van der Waals surface area contributed by atoms with Crippen LogP contribution in [0.25, 0.3) is 0 Å². The molecular weight excluding hydrogens is 152 g/mol. The molecule has 0 aliphatic heterocycles. The topological polar surface area (TPSA) is 37.3 Å². The molecule has 0 aromatic rings. The molecule has 0 spiro atoms. The van der Waals surface area contributed by atoms with Crippen LogP contribution in [0.4, 0.5) is 0 Å². The maximum atomic E-state index is 11.1. The van der Waals surface area contributed by atoms with Gasteiger partial charge in [-0.2, -0.15) is 0 Å². The molecule has 0 atom stereocenters. The van der Waals surface area contributed by atoms with Crippen molar-refractivity contribution in [1.29, 1.82) is 0 Å². The van der Waals surface area contributed by atoms with Crippen molar-refractivity contribution in [2.24, 2.45) is 0 Å². The SMILES string of the molecule is O=C1CCC2=C(O)CCC=C2C1. The summed E-state index contributed by atoms with van der Waals surface area (Å²) >= 11 is 0. The molecule has 1 saturated carbocycles. The first-order chi connectivity index (χ1) is 5.77. The molecule has 0 radical (unpaired) electrons. The number of hydrogen-bond donors (Lipinski definition) is 1. The van der Waals surface area contributed by atoms with E-state index in [0.29, 0.717) is 24.4 Å². The third-order valence-corrected chi connectivity index (χ3v) is 2.55. The molecule has 0 aromatic heterocycles. The van der Waals surface area contributed by atoms with Gasteiger partial charge in [-0.25, -0.2) is 0 Å². The summed E-state index contributed by atoms with van der Waals surface area (Å²) in [7, 11) is 0. The zero-order valence-corrected chi connectivity index (χ0v) is 6.97. The minimum Gasteiger partial charge on any atom is -0.512 e. The lowest BCUT2D eigenvalue weighted by atomic mass is 9.84. The quantitative estimate of drug-likeness (QED) is 0.596. The fourth-order valence-electron chi connectivity index (χ4n) is 1.89. The van der Waals surface area contributed by atoms with E-state index in [1.807, 2.05) is 0 Å². The number of hydrogen-bond acceptors (Lipinski definition) is 2. The van der Waals surface area contributed by atoms with E-state index >= 15 is 0 Å². The lowest BCUT2D eigenvalue weighted by Crippen LogP contribution is -2.13. The summed E-state index contributed by atoms with van der Waals surface area (Å²) in [5, 5.41) is 9.52. The third-order valence-electron chi connectivity index (χ3n) is 2.55. The lowest BCUT2D eigenvalue weighted by molar-refractivity contribution is -0.118. The van der Waals surface area contributed by atoms with Crippen molar-refractivity contribution >= 4 is 5.78 Å². The Morgan fingerprint density at radius 1 is 1.25 bits per heavy atom. The van der Waals surface area contributed by atoms with Crippen molar-refractivity contribution in [3.63, 3.8) is 0 Å². The zero-order valence-electron chi connectivity index (χ0n) is 6.97. The summed E-state index contributed by atoms with van der Waals surface area (Å²) in [6, 6.07) is 0. The van der Waals surface area contributed by atoms with Crippen LogP contribution in [-0.4, -0.2) is 10.9 Å². The van der Waals surface area contributed by atoms with Crippen LogP contribution in [0.5, 0.6) is 0 Å².